The summed E-state index contributed by atoms with van der Waals surface area (Å²) in [5.74, 6) is -0.256. The van der Waals surface area contributed by atoms with Gasteiger partial charge >= 0.3 is 0 Å². The lowest BCUT2D eigenvalue weighted by atomic mass is 10.2. The minimum atomic E-state index is -0.590. The van der Waals surface area contributed by atoms with Crippen LogP contribution in [0, 0.1) is 0 Å². The highest BCUT2D eigenvalue weighted by molar-refractivity contribution is 5.92. The van der Waals surface area contributed by atoms with Crippen molar-refractivity contribution in [1.82, 2.24) is 25.0 Å². The smallest absolute Gasteiger partial charge is 0.270 e. The Morgan fingerprint density at radius 3 is 2.88 bits per heavy atom. The predicted molar refractivity (Wildman–Crippen MR) is 89.4 cm³/mol. The summed E-state index contributed by atoms with van der Waals surface area (Å²) in [6, 6.07) is 7.19. The van der Waals surface area contributed by atoms with Gasteiger partial charge in [-0.3, -0.25) is 19.4 Å². The van der Waals surface area contributed by atoms with Gasteiger partial charge in [-0.25, -0.2) is 0 Å². The average Bonchev–Trinajstić information content (AvgIpc) is 3.15. The quantitative estimate of drug-likeness (QED) is 0.849. The van der Waals surface area contributed by atoms with Gasteiger partial charge in [-0.15, -0.1) is 0 Å². The molecule has 0 spiro atoms. The Bertz CT molecular complexity index is 685. The van der Waals surface area contributed by atoms with Crippen LogP contribution in [0.5, 0.6) is 0 Å². The molecule has 7 nitrogen and oxygen atoms in total. The minimum absolute atomic E-state index is 0.256. The Morgan fingerprint density at radius 1 is 1.33 bits per heavy atom. The largest absolute Gasteiger partial charge is 0.390 e. The van der Waals surface area contributed by atoms with Gasteiger partial charge in [0.05, 0.1) is 17.8 Å². The van der Waals surface area contributed by atoms with Crippen LogP contribution in [0.25, 0.3) is 0 Å². The van der Waals surface area contributed by atoms with Crippen molar-refractivity contribution in [2.75, 3.05) is 13.1 Å². The van der Waals surface area contributed by atoms with Crippen LogP contribution < -0.4 is 5.32 Å². The van der Waals surface area contributed by atoms with Gasteiger partial charge in [-0.2, -0.15) is 5.10 Å². The van der Waals surface area contributed by atoms with Crippen LogP contribution in [-0.4, -0.2) is 55.9 Å². The van der Waals surface area contributed by atoms with Gasteiger partial charge < -0.3 is 10.4 Å². The summed E-state index contributed by atoms with van der Waals surface area (Å²) >= 11 is 0. The van der Waals surface area contributed by atoms with Crippen LogP contribution in [0.3, 0.4) is 0 Å². The molecule has 0 aliphatic carbocycles. The molecule has 1 amide bonds. The van der Waals surface area contributed by atoms with Gasteiger partial charge in [0.1, 0.15) is 5.69 Å². The lowest BCUT2D eigenvalue weighted by Gasteiger charge is -2.18. The van der Waals surface area contributed by atoms with Crippen molar-refractivity contribution in [3.8, 4) is 0 Å². The summed E-state index contributed by atoms with van der Waals surface area (Å²) in [7, 11) is 0. The van der Waals surface area contributed by atoms with Crippen LogP contribution >= 0.6 is 0 Å². The van der Waals surface area contributed by atoms with E-state index in [1.165, 1.54) is 0 Å². The molecule has 2 N–H and O–H groups in total. The van der Waals surface area contributed by atoms with E-state index in [1.807, 2.05) is 10.7 Å². The molecule has 1 saturated heterocycles. The third kappa shape index (κ3) is 3.63. The van der Waals surface area contributed by atoms with Crippen LogP contribution in [0.1, 0.15) is 36.1 Å². The van der Waals surface area contributed by atoms with E-state index >= 15 is 0 Å². The fourth-order valence-corrected chi connectivity index (χ4v) is 3.04. The number of hydrogen-bond donors (Lipinski definition) is 2. The molecular formula is C17H23N5O2. The Kier molecular flexibility index (Phi) is 4.92. The van der Waals surface area contributed by atoms with Crippen LogP contribution in [0.4, 0.5) is 0 Å². The highest BCUT2D eigenvalue weighted by Gasteiger charge is 2.33. The van der Waals surface area contributed by atoms with Gasteiger partial charge in [0.25, 0.3) is 5.91 Å². The molecule has 7 heteroatoms. The Hall–Kier alpha value is -2.25. The zero-order valence-electron chi connectivity index (χ0n) is 14.0. The third-order valence-electron chi connectivity index (χ3n) is 4.21. The zero-order chi connectivity index (χ0) is 17.1. The molecule has 2 atom stereocenters. The average molecular weight is 329 g/mol. The normalized spacial score (nSPS) is 21.3. The summed E-state index contributed by atoms with van der Waals surface area (Å²) < 4.78 is 1.98. The number of carbonyl (C=O) groups excluding carboxylic acids is 1. The molecule has 128 valence electrons. The summed E-state index contributed by atoms with van der Waals surface area (Å²) in [4.78, 5) is 18.4. The Balaban J connectivity index is 1.60. The van der Waals surface area contributed by atoms with Crippen molar-refractivity contribution in [2.24, 2.45) is 0 Å². The van der Waals surface area contributed by atoms with E-state index in [1.54, 1.807) is 30.6 Å². The van der Waals surface area contributed by atoms with E-state index in [-0.39, 0.29) is 11.9 Å². The van der Waals surface area contributed by atoms with Gasteiger partial charge in [-0.1, -0.05) is 6.07 Å². The van der Waals surface area contributed by atoms with Crippen molar-refractivity contribution in [1.29, 1.82) is 0 Å². The second kappa shape index (κ2) is 7.11. The van der Waals surface area contributed by atoms with Gasteiger partial charge in [0.2, 0.25) is 0 Å². The molecule has 3 rings (SSSR count). The van der Waals surface area contributed by atoms with Gasteiger partial charge in [0.15, 0.2) is 0 Å². The number of aliphatic hydroxyl groups excluding tert-OH is 1. The molecule has 1 aliphatic rings. The molecule has 2 aromatic rings. The van der Waals surface area contributed by atoms with E-state index in [9.17, 15) is 9.90 Å². The molecule has 1 fully saturated rings. The minimum Gasteiger partial charge on any atom is -0.390 e. The number of β-amino-alcohol motifs (C(OH)–C–C–N with tert-alkyl or cyclic N) is 1. The van der Waals surface area contributed by atoms with Gasteiger partial charge in [-0.05, 0) is 32.0 Å². The van der Waals surface area contributed by atoms with E-state index in [2.05, 4.69) is 34.1 Å². The first-order chi connectivity index (χ1) is 11.5. The molecule has 2 aromatic heterocycles. The zero-order valence-corrected chi connectivity index (χ0v) is 14.0. The number of likely N-dealkylation sites (tertiary alicyclic amines) is 1. The number of amides is 1. The van der Waals surface area contributed by atoms with Crippen LogP contribution in [0.2, 0.25) is 0 Å². The molecule has 0 radical (unpaired) electrons. The maximum atomic E-state index is 12.2. The number of hydrogen-bond acceptors (Lipinski definition) is 5. The first-order valence-corrected chi connectivity index (χ1v) is 8.19. The maximum absolute atomic E-state index is 12.2. The van der Waals surface area contributed by atoms with Crippen molar-refractivity contribution in [3.05, 3.63) is 48.0 Å². The van der Waals surface area contributed by atoms with Crippen molar-refractivity contribution < 1.29 is 9.90 Å². The van der Waals surface area contributed by atoms with E-state index in [4.69, 9.17) is 0 Å². The SMILES string of the molecule is CC(C)n1nccc1CN1C[C@@H](O)[C@H](NC(=O)c2ccccn2)C1. The summed E-state index contributed by atoms with van der Waals surface area (Å²) in [6.07, 6.45) is 2.79. The third-order valence-corrected chi connectivity index (χ3v) is 4.21. The number of nitrogens with one attached hydrogen (secondary N) is 1. The lowest BCUT2D eigenvalue weighted by Crippen LogP contribution is -2.43. The van der Waals surface area contributed by atoms with E-state index in [0.717, 1.165) is 5.69 Å². The van der Waals surface area contributed by atoms with E-state index in [0.29, 0.717) is 31.4 Å². The molecule has 1 aliphatic heterocycles. The lowest BCUT2D eigenvalue weighted by molar-refractivity contribution is 0.0883. The molecule has 0 bridgehead atoms. The standard InChI is InChI=1S/C17H23N5O2/c1-12(2)22-13(6-8-19-22)9-21-10-15(16(23)11-21)20-17(24)14-5-3-4-7-18-14/h3-8,12,15-16,23H,9-11H2,1-2H3,(H,20,24)/t15-,16-/m1/s1. The Morgan fingerprint density at radius 2 is 2.17 bits per heavy atom. The second-order valence-corrected chi connectivity index (χ2v) is 6.42. The maximum Gasteiger partial charge on any atom is 0.270 e. The number of aromatic nitrogens is 3. The van der Waals surface area contributed by atoms with Crippen molar-refractivity contribution in [2.45, 2.75) is 38.6 Å². The molecule has 0 saturated carbocycles. The number of rotatable bonds is 5. The van der Waals surface area contributed by atoms with Crippen LogP contribution in [-0.2, 0) is 6.54 Å². The number of carbonyl (C=O) groups is 1. The molecule has 3 heterocycles. The first-order valence-electron chi connectivity index (χ1n) is 8.19. The molecule has 24 heavy (non-hydrogen) atoms. The topological polar surface area (TPSA) is 83.3 Å². The number of pyridine rings is 1. The fourth-order valence-electron chi connectivity index (χ4n) is 3.04. The second-order valence-electron chi connectivity index (χ2n) is 6.42. The highest BCUT2D eigenvalue weighted by atomic mass is 16.3. The summed E-state index contributed by atoms with van der Waals surface area (Å²) in [6.45, 7) is 6.00. The summed E-state index contributed by atoms with van der Waals surface area (Å²) in [5, 5.41) is 17.5. The van der Waals surface area contributed by atoms with Crippen molar-refractivity contribution >= 4 is 5.91 Å². The first kappa shape index (κ1) is 16.6. The number of nitrogens with zero attached hydrogens (tertiary/aromatic N) is 4. The monoisotopic (exact) mass is 329 g/mol. The Labute approximate surface area is 141 Å². The molecule has 0 aromatic carbocycles. The highest BCUT2D eigenvalue weighted by Crippen LogP contribution is 2.16. The number of aliphatic hydroxyl groups is 1. The van der Waals surface area contributed by atoms with Crippen molar-refractivity contribution in [3.63, 3.8) is 0 Å². The van der Waals surface area contributed by atoms with E-state index < -0.39 is 6.10 Å². The van der Waals surface area contributed by atoms with Gasteiger partial charge in [0, 0.05) is 38.1 Å². The van der Waals surface area contributed by atoms with Crippen LogP contribution in [0.15, 0.2) is 36.7 Å². The fraction of sp³-hybridized carbons (Fsp3) is 0.471. The predicted octanol–water partition coefficient (Wildman–Crippen LogP) is 0.834. The summed E-state index contributed by atoms with van der Waals surface area (Å²) in [5.41, 5.74) is 1.47. The molecule has 0 unspecified atom stereocenters. The molecular weight excluding hydrogens is 306 g/mol.